The smallest absolute Gasteiger partial charge is 0.310 e. The van der Waals surface area contributed by atoms with Gasteiger partial charge in [-0.1, -0.05) is 71.1 Å². The van der Waals surface area contributed by atoms with Crippen molar-refractivity contribution >= 4 is 5.97 Å². The Morgan fingerprint density at radius 2 is 1.62 bits per heavy atom. The Morgan fingerprint density at radius 1 is 1.05 bits per heavy atom. The van der Waals surface area contributed by atoms with Gasteiger partial charge in [0.05, 0.1) is 6.42 Å². The Bertz CT molecular complexity index is 256. The lowest BCUT2D eigenvalue weighted by molar-refractivity contribution is -0.146. The van der Waals surface area contributed by atoms with Crippen LogP contribution >= 0.6 is 0 Å². The molecule has 1 aliphatic carbocycles. The lowest BCUT2D eigenvalue weighted by Gasteiger charge is -2.19. The Morgan fingerprint density at radius 3 is 2.24 bits per heavy atom. The van der Waals surface area contributed by atoms with E-state index in [2.05, 4.69) is 13.8 Å². The van der Waals surface area contributed by atoms with Gasteiger partial charge < -0.3 is 4.74 Å². The van der Waals surface area contributed by atoms with Gasteiger partial charge in [-0.3, -0.25) is 4.79 Å². The Hall–Kier alpha value is -0.530. The van der Waals surface area contributed by atoms with Crippen molar-refractivity contribution in [1.29, 1.82) is 0 Å². The summed E-state index contributed by atoms with van der Waals surface area (Å²) in [5.41, 5.74) is 0. The standard InChI is InChI=1S/C19H35O2/c1-3-4-5-6-7-8-9-10-11-16-19(20)21-17(2)18-14-12-13-15-18/h16-18H,3-15H2,1-2H3. The molecule has 123 valence electrons. The monoisotopic (exact) mass is 295 g/mol. The van der Waals surface area contributed by atoms with Crippen molar-refractivity contribution < 1.29 is 9.53 Å². The highest BCUT2D eigenvalue weighted by Crippen LogP contribution is 2.29. The summed E-state index contributed by atoms with van der Waals surface area (Å²) in [5, 5.41) is 0. The first-order valence-electron chi connectivity index (χ1n) is 9.28. The van der Waals surface area contributed by atoms with Crippen LogP contribution in [0.4, 0.5) is 0 Å². The summed E-state index contributed by atoms with van der Waals surface area (Å²) in [5.74, 6) is 0.503. The Balaban J connectivity index is 1.89. The van der Waals surface area contributed by atoms with Crippen molar-refractivity contribution in [2.75, 3.05) is 0 Å². The molecule has 0 aromatic heterocycles. The van der Waals surface area contributed by atoms with Crippen LogP contribution < -0.4 is 0 Å². The molecule has 1 atom stereocenters. The second-order valence-electron chi connectivity index (χ2n) is 6.65. The van der Waals surface area contributed by atoms with Crippen molar-refractivity contribution in [2.24, 2.45) is 5.92 Å². The molecule has 0 bridgehead atoms. The summed E-state index contributed by atoms with van der Waals surface area (Å²) in [6, 6.07) is 0. The molecule has 1 unspecified atom stereocenters. The van der Waals surface area contributed by atoms with Gasteiger partial charge >= 0.3 is 5.97 Å². The summed E-state index contributed by atoms with van der Waals surface area (Å²) < 4.78 is 5.51. The van der Waals surface area contributed by atoms with Crippen molar-refractivity contribution in [3.63, 3.8) is 0 Å². The number of ether oxygens (including phenoxy) is 1. The van der Waals surface area contributed by atoms with Gasteiger partial charge in [0, 0.05) is 0 Å². The molecule has 2 heteroatoms. The number of esters is 1. The zero-order chi connectivity index (χ0) is 15.3. The van der Waals surface area contributed by atoms with Crippen molar-refractivity contribution in [1.82, 2.24) is 0 Å². The van der Waals surface area contributed by atoms with Gasteiger partial charge in [0.1, 0.15) is 6.10 Å². The molecule has 1 fully saturated rings. The molecule has 1 saturated carbocycles. The quantitative estimate of drug-likeness (QED) is 0.334. The van der Waals surface area contributed by atoms with Crippen LogP contribution in [0, 0.1) is 12.3 Å². The molecule has 21 heavy (non-hydrogen) atoms. The second-order valence-corrected chi connectivity index (χ2v) is 6.65. The highest BCUT2D eigenvalue weighted by atomic mass is 16.5. The average Bonchev–Trinajstić information content (AvgIpc) is 3.00. The SMILES string of the molecule is CCCCCCCCCC[CH]C(=O)OC(C)C1CCCC1. The molecule has 0 aliphatic heterocycles. The minimum absolute atomic E-state index is 0.0997. The van der Waals surface area contributed by atoms with E-state index >= 15 is 0 Å². The van der Waals surface area contributed by atoms with Crippen LogP contribution in [0.3, 0.4) is 0 Å². The molecule has 0 aromatic rings. The minimum Gasteiger partial charge on any atom is -0.462 e. The largest absolute Gasteiger partial charge is 0.462 e. The molecular formula is C19H35O2. The predicted molar refractivity (Wildman–Crippen MR) is 89.0 cm³/mol. The lowest BCUT2D eigenvalue weighted by atomic mass is 10.0. The lowest BCUT2D eigenvalue weighted by Crippen LogP contribution is -2.22. The summed E-state index contributed by atoms with van der Waals surface area (Å²) >= 11 is 0. The summed E-state index contributed by atoms with van der Waals surface area (Å²) in [6.07, 6.45) is 18.3. The molecular weight excluding hydrogens is 260 g/mol. The molecule has 2 nitrogen and oxygen atoms in total. The molecule has 0 heterocycles. The van der Waals surface area contributed by atoms with Gasteiger partial charge in [-0.05, 0) is 32.1 Å². The topological polar surface area (TPSA) is 26.3 Å². The average molecular weight is 295 g/mol. The first kappa shape index (κ1) is 18.5. The van der Waals surface area contributed by atoms with E-state index in [-0.39, 0.29) is 12.1 Å². The van der Waals surface area contributed by atoms with E-state index in [0.717, 1.165) is 12.8 Å². The number of carbonyl (C=O) groups is 1. The number of hydrogen-bond donors (Lipinski definition) is 0. The molecule has 1 radical (unpaired) electrons. The van der Waals surface area contributed by atoms with Crippen LogP contribution in [-0.4, -0.2) is 12.1 Å². The van der Waals surface area contributed by atoms with E-state index in [9.17, 15) is 4.79 Å². The second kappa shape index (κ2) is 12.1. The third kappa shape index (κ3) is 9.16. The van der Waals surface area contributed by atoms with Crippen LogP contribution in [0.1, 0.15) is 97.3 Å². The van der Waals surface area contributed by atoms with Crippen molar-refractivity contribution in [2.45, 2.75) is 103 Å². The van der Waals surface area contributed by atoms with Crippen LogP contribution in [-0.2, 0) is 9.53 Å². The van der Waals surface area contributed by atoms with E-state index in [1.807, 2.05) is 0 Å². The third-order valence-electron chi connectivity index (χ3n) is 4.73. The fourth-order valence-corrected chi connectivity index (χ4v) is 3.25. The van der Waals surface area contributed by atoms with Gasteiger partial charge in [0.2, 0.25) is 0 Å². The minimum atomic E-state index is -0.0997. The van der Waals surface area contributed by atoms with Crippen LogP contribution in [0.25, 0.3) is 0 Å². The molecule has 1 aliphatic rings. The summed E-state index contributed by atoms with van der Waals surface area (Å²) in [7, 11) is 0. The zero-order valence-corrected chi connectivity index (χ0v) is 14.2. The van der Waals surface area contributed by atoms with Gasteiger partial charge in [-0.25, -0.2) is 0 Å². The van der Waals surface area contributed by atoms with Gasteiger partial charge in [0.25, 0.3) is 0 Å². The predicted octanol–water partition coefficient (Wildman–Crippen LogP) is 5.84. The van der Waals surface area contributed by atoms with Gasteiger partial charge in [0.15, 0.2) is 0 Å². The molecule has 0 saturated heterocycles. The molecule has 0 aromatic carbocycles. The number of hydrogen-bond acceptors (Lipinski definition) is 2. The van der Waals surface area contributed by atoms with E-state index in [4.69, 9.17) is 4.74 Å². The molecule has 1 rings (SSSR count). The Labute approximate surface area is 132 Å². The van der Waals surface area contributed by atoms with E-state index < -0.39 is 0 Å². The maximum absolute atomic E-state index is 11.7. The fraction of sp³-hybridized carbons (Fsp3) is 0.895. The normalized spacial score (nSPS) is 17.0. The van der Waals surface area contributed by atoms with E-state index in [1.54, 1.807) is 6.42 Å². The van der Waals surface area contributed by atoms with E-state index in [0.29, 0.717) is 5.92 Å². The summed E-state index contributed by atoms with van der Waals surface area (Å²) in [4.78, 5) is 11.7. The Kier molecular flexibility index (Phi) is 10.6. The number of carbonyl (C=O) groups excluding carboxylic acids is 1. The maximum atomic E-state index is 11.7. The number of unbranched alkanes of at least 4 members (excludes halogenated alkanes) is 8. The van der Waals surface area contributed by atoms with Crippen LogP contribution in [0.2, 0.25) is 0 Å². The first-order chi connectivity index (χ1) is 10.2. The first-order valence-corrected chi connectivity index (χ1v) is 9.28. The van der Waals surface area contributed by atoms with Crippen molar-refractivity contribution in [3.05, 3.63) is 6.42 Å². The van der Waals surface area contributed by atoms with Gasteiger partial charge in [-0.2, -0.15) is 0 Å². The highest BCUT2D eigenvalue weighted by molar-refractivity contribution is 5.78. The van der Waals surface area contributed by atoms with Crippen LogP contribution in [0.5, 0.6) is 0 Å². The van der Waals surface area contributed by atoms with E-state index in [1.165, 1.54) is 70.6 Å². The third-order valence-corrected chi connectivity index (χ3v) is 4.73. The van der Waals surface area contributed by atoms with Crippen molar-refractivity contribution in [3.8, 4) is 0 Å². The maximum Gasteiger partial charge on any atom is 0.310 e. The van der Waals surface area contributed by atoms with Crippen LogP contribution in [0.15, 0.2) is 0 Å². The summed E-state index contributed by atoms with van der Waals surface area (Å²) in [6.45, 7) is 4.31. The molecule has 0 amide bonds. The molecule has 0 N–H and O–H groups in total. The number of rotatable bonds is 12. The molecule has 0 spiro atoms. The fourth-order valence-electron chi connectivity index (χ4n) is 3.25. The zero-order valence-electron chi connectivity index (χ0n) is 14.2. The van der Waals surface area contributed by atoms with Gasteiger partial charge in [-0.15, -0.1) is 0 Å². The highest BCUT2D eigenvalue weighted by Gasteiger charge is 2.24.